The van der Waals surface area contributed by atoms with Crippen LogP contribution in [-0.2, 0) is 25.3 Å². The average Bonchev–Trinajstić information content (AvgIpc) is 2.71. The zero-order valence-electron chi connectivity index (χ0n) is 19.8. The number of amides is 2. The first kappa shape index (κ1) is 25.4. The monoisotopic (exact) mass is 450 g/mol. The van der Waals surface area contributed by atoms with Crippen LogP contribution in [0.2, 0.25) is 16.6 Å². The van der Waals surface area contributed by atoms with Crippen molar-refractivity contribution in [3.05, 3.63) is 35.9 Å². The molecular formula is C23H38N2O5Si. The molecule has 0 radical (unpaired) electrons. The first-order valence-corrected chi connectivity index (χ1v) is 13.3. The second-order valence-corrected chi connectivity index (χ2v) is 14.6. The lowest BCUT2D eigenvalue weighted by Crippen LogP contribution is -2.62. The Kier molecular flexibility index (Phi) is 9.09. The van der Waals surface area contributed by atoms with Gasteiger partial charge in [0.15, 0.2) is 6.23 Å². The summed E-state index contributed by atoms with van der Waals surface area (Å²) in [5.41, 5.74) is 2.18. The molecule has 1 aliphatic rings. The van der Waals surface area contributed by atoms with Gasteiger partial charge >= 0.3 is 6.09 Å². The first-order valence-electron chi connectivity index (χ1n) is 11.1. The highest BCUT2D eigenvalue weighted by Gasteiger charge is 2.47. The molecule has 3 atom stereocenters. The number of ether oxygens (including phenoxy) is 2. The SMILES string of the molecule is CC(C)[Si](O[C@@H](C)[C@@H]1NC(=O)[C@H](NC(=O)OCc2ccccc2)CO1)(C(C)C)C(C)C. The second kappa shape index (κ2) is 11.1. The van der Waals surface area contributed by atoms with Crippen molar-refractivity contribution >= 4 is 20.3 Å². The van der Waals surface area contributed by atoms with E-state index in [1.807, 2.05) is 37.3 Å². The van der Waals surface area contributed by atoms with Crippen LogP contribution in [0.5, 0.6) is 0 Å². The van der Waals surface area contributed by atoms with E-state index in [4.69, 9.17) is 13.9 Å². The standard InChI is InChI=1S/C23H38N2O5Si/c1-15(2)31(16(3)4,17(5)6)30-18(7)22-25-21(26)20(14-28-22)24-23(27)29-13-19-11-9-8-10-12-19/h8-12,15-18,20,22H,13-14H2,1-7H3,(H,24,27)(H,25,26)/t18-,20+,22+/m0/s1. The molecular weight excluding hydrogens is 412 g/mol. The molecule has 8 heteroatoms. The van der Waals surface area contributed by atoms with Gasteiger partial charge in [0.05, 0.1) is 12.7 Å². The van der Waals surface area contributed by atoms with Gasteiger partial charge in [0.25, 0.3) is 0 Å². The first-order chi connectivity index (χ1) is 14.6. The van der Waals surface area contributed by atoms with Crippen LogP contribution < -0.4 is 10.6 Å². The van der Waals surface area contributed by atoms with E-state index in [1.165, 1.54) is 0 Å². The number of carbonyl (C=O) groups excluding carboxylic acids is 2. The van der Waals surface area contributed by atoms with E-state index in [2.05, 4.69) is 52.2 Å². The molecule has 2 amide bonds. The fourth-order valence-electron chi connectivity index (χ4n) is 4.62. The highest BCUT2D eigenvalue weighted by molar-refractivity contribution is 6.77. The fourth-order valence-corrected chi connectivity index (χ4v) is 10.2. The molecule has 1 aromatic carbocycles. The van der Waals surface area contributed by atoms with Crippen molar-refractivity contribution in [3.8, 4) is 0 Å². The van der Waals surface area contributed by atoms with E-state index >= 15 is 0 Å². The molecule has 0 unspecified atom stereocenters. The second-order valence-electron chi connectivity index (χ2n) is 9.16. The van der Waals surface area contributed by atoms with Gasteiger partial charge in [-0.2, -0.15) is 0 Å². The topological polar surface area (TPSA) is 85.9 Å². The Labute approximate surface area is 187 Å². The quantitative estimate of drug-likeness (QED) is 0.547. The molecule has 0 spiro atoms. The fraction of sp³-hybridized carbons (Fsp3) is 0.652. The third kappa shape index (κ3) is 6.30. The van der Waals surface area contributed by atoms with Gasteiger partial charge in [-0.25, -0.2) is 4.79 Å². The summed E-state index contributed by atoms with van der Waals surface area (Å²) < 4.78 is 17.8. The van der Waals surface area contributed by atoms with Gasteiger partial charge in [-0.3, -0.25) is 4.79 Å². The van der Waals surface area contributed by atoms with Crippen LogP contribution in [-0.4, -0.2) is 45.3 Å². The van der Waals surface area contributed by atoms with E-state index in [1.54, 1.807) is 0 Å². The Morgan fingerprint density at radius 3 is 2.19 bits per heavy atom. The Balaban J connectivity index is 1.90. The maximum absolute atomic E-state index is 12.6. The number of benzene rings is 1. The molecule has 1 aromatic rings. The van der Waals surface area contributed by atoms with E-state index in [9.17, 15) is 9.59 Å². The molecule has 1 saturated heterocycles. The zero-order valence-corrected chi connectivity index (χ0v) is 20.8. The van der Waals surface area contributed by atoms with Crippen molar-refractivity contribution in [3.63, 3.8) is 0 Å². The van der Waals surface area contributed by atoms with Crippen molar-refractivity contribution in [1.82, 2.24) is 10.6 Å². The molecule has 7 nitrogen and oxygen atoms in total. The van der Waals surface area contributed by atoms with Gasteiger partial charge in [-0.15, -0.1) is 0 Å². The smallest absolute Gasteiger partial charge is 0.408 e. The average molecular weight is 451 g/mol. The van der Waals surface area contributed by atoms with Crippen molar-refractivity contribution in [2.45, 2.75) is 90.1 Å². The van der Waals surface area contributed by atoms with E-state index < -0.39 is 26.7 Å². The van der Waals surface area contributed by atoms with E-state index in [0.29, 0.717) is 16.6 Å². The number of hydrogen-bond donors (Lipinski definition) is 2. The summed E-state index contributed by atoms with van der Waals surface area (Å²) in [5, 5.41) is 5.42. The van der Waals surface area contributed by atoms with Gasteiger partial charge in [0.2, 0.25) is 14.2 Å². The Morgan fingerprint density at radius 2 is 1.68 bits per heavy atom. The Morgan fingerprint density at radius 1 is 1.10 bits per heavy atom. The van der Waals surface area contributed by atoms with Gasteiger partial charge in [-0.05, 0) is 29.1 Å². The number of hydrogen-bond acceptors (Lipinski definition) is 5. The minimum Gasteiger partial charge on any atom is -0.445 e. The van der Waals surface area contributed by atoms with Crippen molar-refractivity contribution < 1.29 is 23.5 Å². The van der Waals surface area contributed by atoms with Crippen molar-refractivity contribution in [2.75, 3.05) is 6.61 Å². The lowest BCUT2D eigenvalue weighted by atomic mass is 10.2. The summed E-state index contributed by atoms with van der Waals surface area (Å²) in [6, 6.07) is 8.57. The van der Waals surface area contributed by atoms with Crippen LogP contribution in [0.3, 0.4) is 0 Å². The molecule has 2 N–H and O–H groups in total. The number of alkyl carbamates (subject to hydrolysis) is 1. The summed E-state index contributed by atoms with van der Waals surface area (Å²) in [6.45, 7) is 15.5. The van der Waals surface area contributed by atoms with Crippen molar-refractivity contribution in [2.24, 2.45) is 0 Å². The summed E-state index contributed by atoms with van der Waals surface area (Å²) in [4.78, 5) is 24.7. The molecule has 0 aliphatic carbocycles. The zero-order chi connectivity index (χ0) is 23.2. The third-order valence-electron chi connectivity index (χ3n) is 6.07. The third-order valence-corrected chi connectivity index (χ3v) is 12.3. The van der Waals surface area contributed by atoms with Crippen LogP contribution in [0, 0.1) is 0 Å². The Bertz CT molecular complexity index is 704. The molecule has 174 valence electrons. The molecule has 1 aliphatic heterocycles. The lowest BCUT2D eigenvalue weighted by molar-refractivity contribution is -0.144. The van der Waals surface area contributed by atoms with Crippen LogP contribution >= 0.6 is 0 Å². The van der Waals surface area contributed by atoms with Gasteiger partial charge in [0, 0.05) is 0 Å². The summed E-state index contributed by atoms with van der Waals surface area (Å²) in [7, 11) is -2.10. The molecule has 0 aromatic heterocycles. The highest BCUT2D eigenvalue weighted by atomic mass is 28.4. The number of rotatable bonds is 9. The Hall–Kier alpha value is -1.90. The highest BCUT2D eigenvalue weighted by Crippen LogP contribution is 2.43. The van der Waals surface area contributed by atoms with E-state index in [-0.39, 0.29) is 25.2 Å². The largest absolute Gasteiger partial charge is 0.445 e. The molecule has 0 saturated carbocycles. The normalized spacial score (nSPS) is 20.6. The lowest BCUT2D eigenvalue weighted by Gasteiger charge is -2.46. The van der Waals surface area contributed by atoms with Gasteiger partial charge < -0.3 is 24.5 Å². The summed E-state index contributed by atoms with van der Waals surface area (Å²) in [5.74, 6) is -0.297. The number of carbonyl (C=O) groups is 2. The van der Waals surface area contributed by atoms with Crippen LogP contribution in [0.1, 0.15) is 54.0 Å². The summed E-state index contributed by atoms with van der Waals surface area (Å²) in [6.07, 6.45) is -1.48. The minimum absolute atomic E-state index is 0.0736. The minimum atomic E-state index is -2.10. The molecule has 1 heterocycles. The maximum atomic E-state index is 12.6. The van der Waals surface area contributed by atoms with E-state index in [0.717, 1.165) is 5.56 Å². The predicted octanol–water partition coefficient (Wildman–Crippen LogP) is 4.33. The van der Waals surface area contributed by atoms with Crippen molar-refractivity contribution in [1.29, 1.82) is 0 Å². The molecule has 0 bridgehead atoms. The number of nitrogens with one attached hydrogen (secondary N) is 2. The van der Waals surface area contributed by atoms with Gasteiger partial charge in [0.1, 0.15) is 12.6 Å². The van der Waals surface area contributed by atoms with Crippen LogP contribution in [0.15, 0.2) is 30.3 Å². The summed E-state index contributed by atoms with van der Waals surface area (Å²) >= 11 is 0. The maximum Gasteiger partial charge on any atom is 0.408 e. The molecule has 2 rings (SSSR count). The van der Waals surface area contributed by atoms with Gasteiger partial charge in [-0.1, -0.05) is 71.9 Å². The molecule has 1 fully saturated rings. The predicted molar refractivity (Wildman–Crippen MR) is 123 cm³/mol. The van der Waals surface area contributed by atoms with Crippen LogP contribution in [0.25, 0.3) is 0 Å². The molecule has 31 heavy (non-hydrogen) atoms. The van der Waals surface area contributed by atoms with Crippen LogP contribution in [0.4, 0.5) is 4.79 Å².